The van der Waals surface area contributed by atoms with Gasteiger partial charge in [-0.05, 0) is 23.8 Å². The van der Waals surface area contributed by atoms with E-state index in [-0.39, 0.29) is 5.97 Å². The van der Waals surface area contributed by atoms with Crippen molar-refractivity contribution < 1.29 is 9.53 Å². The predicted octanol–water partition coefficient (Wildman–Crippen LogP) is 4.86. The fourth-order valence-electron chi connectivity index (χ4n) is 2.34. The zero-order valence-electron chi connectivity index (χ0n) is 13.0. The highest BCUT2D eigenvalue weighted by Gasteiger charge is 2.08. The summed E-state index contributed by atoms with van der Waals surface area (Å²) in [6.45, 7) is 0.654. The number of nitrogens with zero attached hydrogens (tertiary/aromatic N) is 1. The number of carbonyl (C=O) groups excluding carboxylic acids is 1. The first kappa shape index (κ1) is 16.5. The largest absolute Gasteiger partial charge is 0.465 e. The van der Waals surface area contributed by atoms with Gasteiger partial charge in [-0.2, -0.15) is 0 Å². The van der Waals surface area contributed by atoms with Crippen molar-refractivity contribution in [1.82, 2.24) is 4.98 Å². The monoisotopic (exact) mass is 358 g/mol. The SMILES string of the molecule is COC(=O)c1ccc(-c2ccccc2NCc2cnc(Cl)s2)cc1. The van der Waals surface area contributed by atoms with Gasteiger partial charge in [0.1, 0.15) is 0 Å². The fourth-order valence-corrected chi connectivity index (χ4v) is 3.26. The Morgan fingerprint density at radius 2 is 1.96 bits per heavy atom. The van der Waals surface area contributed by atoms with Gasteiger partial charge >= 0.3 is 5.97 Å². The molecule has 0 aliphatic rings. The Bertz CT molecular complexity index is 846. The van der Waals surface area contributed by atoms with Gasteiger partial charge in [0.2, 0.25) is 0 Å². The van der Waals surface area contributed by atoms with Crippen LogP contribution in [0, 0.1) is 0 Å². The van der Waals surface area contributed by atoms with Gasteiger partial charge in [-0.25, -0.2) is 9.78 Å². The Hall–Kier alpha value is -2.37. The summed E-state index contributed by atoms with van der Waals surface area (Å²) in [5, 5.41) is 3.41. The maximum atomic E-state index is 11.5. The van der Waals surface area contributed by atoms with Crippen LogP contribution in [0.25, 0.3) is 11.1 Å². The number of aromatic nitrogens is 1. The lowest BCUT2D eigenvalue weighted by molar-refractivity contribution is 0.0601. The zero-order chi connectivity index (χ0) is 16.9. The molecule has 0 fully saturated rings. The predicted molar refractivity (Wildman–Crippen MR) is 97.7 cm³/mol. The maximum Gasteiger partial charge on any atom is 0.337 e. The highest BCUT2D eigenvalue weighted by atomic mass is 35.5. The van der Waals surface area contributed by atoms with Crippen LogP contribution < -0.4 is 5.32 Å². The molecule has 2 aromatic carbocycles. The Morgan fingerprint density at radius 1 is 1.21 bits per heavy atom. The number of carbonyl (C=O) groups is 1. The summed E-state index contributed by atoms with van der Waals surface area (Å²) < 4.78 is 5.27. The van der Waals surface area contributed by atoms with Crippen LogP contribution in [0.2, 0.25) is 4.47 Å². The number of benzene rings is 2. The van der Waals surface area contributed by atoms with Gasteiger partial charge in [0, 0.05) is 22.3 Å². The lowest BCUT2D eigenvalue weighted by Gasteiger charge is -2.12. The Morgan fingerprint density at radius 3 is 2.62 bits per heavy atom. The first-order chi connectivity index (χ1) is 11.7. The van der Waals surface area contributed by atoms with Gasteiger partial charge in [0.05, 0.1) is 19.2 Å². The maximum absolute atomic E-state index is 11.5. The van der Waals surface area contributed by atoms with E-state index in [1.54, 1.807) is 18.3 Å². The average Bonchev–Trinajstić information content (AvgIpc) is 3.05. The molecule has 1 heterocycles. The molecule has 4 nitrogen and oxygen atoms in total. The van der Waals surface area contributed by atoms with Crippen LogP contribution in [-0.2, 0) is 11.3 Å². The van der Waals surface area contributed by atoms with Crippen molar-refractivity contribution in [2.45, 2.75) is 6.54 Å². The molecule has 1 aromatic heterocycles. The van der Waals surface area contributed by atoms with Crippen molar-refractivity contribution in [1.29, 1.82) is 0 Å². The van der Waals surface area contributed by atoms with E-state index in [0.29, 0.717) is 16.6 Å². The van der Waals surface area contributed by atoms with Crippen LogP contribution in [-0.4, -0.2) is 18.1 Å². The number of para-hydroxylation sites is 1. The van der Waals surface area contributed by atoms with Crippen LogP contribution >= 0.6 is 22.9 Å². The molecule has 0 aliphatic heterocycles. The quantitative estimate of drug-likeness (QED) is 0.661. The van der Waals surface area contributed by atoms with Gasteiger partial charge in [-0.3, -0.25) is 0 Å². The van der Waals surface area contributed by atoms with Crippen molar-refractivity contribution in [3.05, 3.63) is 69.6 Å². The summed E-state index contributed by atoms with van der Waals surface area (Å²) in [6, 6.07) is 15.4. The second kappa shape index (κ2) is 7.47. The van der Waals surface area contributed by atoms with Crippen molar-refractivity contribution >= 4 is 34.6 Å². The molecule has 0 unspecified atom stereocenters. The Labute approximate surface area is 149 Å². The lowest BCUT2D eigenvalue weighted by Crippen LogP contribution is -2.01. The molecule has 0 saturated heterocycles. The Balaban J connectivity index is 1.82. The van der Waals surface area contributed by atoms with Crippen molar-refractivity contribution in [2.75, 3.05) is 12.4 Å². The van der Waals surface area contributed by atoms with E-state index in [9.17, 15) is 4.79 Å². The zero-order valence-corrected chi connectivity index (χ0v) is 14.5. The minimum absolute atomic E-state index is 0.338. The molecule has 0 atom stereocenters. The first-order valence-electron chi connectivity index (χ1n) is 7.29. The number of nitrogens with one attached hydrogen (secondary N) is 1. The average molecular weight is 359 g/mol. The number of methoxy groups -OCH3 is 1. The molecule has 0 spiro atoms. The van der Waals surface area contributed by atoms with Crippen LogP contribution in [0.1, 0.15) is 15.2 Å². The molecular weight excluding hydrogens is 344 g/mol. The van der Waals surface area contributed by atoms with Crippen molar-refractivity contribution in [3.8, 4) is 11.1 Å². The lowest BCUT2D eigenvalue weighted by atomic mass is 10.0. The van der Waals surface area contributed by atoms with Gasteiger partial charge < -0.3 is 10.1 Å². The molecule has 0 saturated carbocycles. The summed E-state index contributed by atoms with van der Waals surface area (Å²) in [4.78, 5) is 16.6. The molecule has 0 amide bonds. The molecule has 0 aliphatic carbocycles. The first-order valence-corrected chi connectivity index (χ1v) is 8.48. The summed E-state index contributed by atoms with van der Waals surface area (Å²) in [5.41, 5.74) is 3.62. The summed E-state index contributed by atoms with van der Waals surface area (Å²) in [7, 11) is 1.38. The minimum atomic E-state index is -0.338. The molecule has 0 bridgehead atoms. The summed E-state index contributed by atoms with van der Waals surface area (Å²) in [5.74, 6) is -0.338. The minimum Gasteiger partial charge on any atom is -0.465 e. The number of hydrogen-bond donors (Lipinski definition) is 1. The molecule has 1 N–H and O–H groups in total. The summed E-state index contributed by atoms with van der Waals surface area (Å²) in [6.07, 6.45) is 1.77. The second-order valence-electron chi connectivity index (χ2n) is 5.05. The van der Waals surface area contributed by atoms with Crippen LogP contribution in [0.4, 0.5) is 5.69 Å². The summed E-state index contributed by atoms with van der Waals surface area (Å²) >= 11 is 7.32. The van der Waals surface area contributed by atoms with Gasteiger partial charge in [0.15, 0.2) is 4.47 Å². The topological polar surface area (TPSA) is 51.2 Å². The van der Waals surface area contributed by atoms with Gasteiger partial charge in [-0.15, -0.1) is 11.3 Å². The molecule has 6 heteroatoms. The van der Waals surface area contributed by atoms with E-state index in [2.05, 4.69) is 10.3 Å². The highest BCUT2D eigenvalue weighted by Crippen LogP contribution is 2.29. The smallest absolute Gasteiger partial charge is 0.337 e. The molecule has 24 heavy (non-hydrogen) atoms. The third-order valence-electron chi connectivity index (χ3n) is 3.52. The number of esters is 1. The van der Waals surface area contributed by atoms with Gasteiger partial charge in [0.25, 0.3) is 0 Å². The fraction of sp³-hybridized carbons (Fsp3) is 0.111. The third-order valence-corrected chi connectivity index (χ3v) is 4.64. The number of anilines is 1. The number of rotatable bonds is 5. The molecule has 3 aromatic rings. The van der Waals surface area contributed by atoms with E-state index < -0.39 is 0 Å². The Kier molecular flexibility index (Phi) is 5.13. The normalized spacial score (nSPS) is 10.4. The number of thiazole rings is 1. The molecule has 122 valence electrons. The van der Waals surface area contributed by atoms with E-state index in [0.717, 1.165) is 21.7 Å². The van der Waals surface area contributed by atoms with E-state index in [1.807, 2.05) is 36.4 Å². The number of halogens is 1. The van der Waals surface area contributed by atoms with Gasteiger partial charge in [-0.1, -0.05) is 41.9 Å². The van der Waals surface area contributed by atoms with Crippen LogP contribution in [0.5, 0.6) is 0 Å². The van der Waals surface area contributed by atoms with E-state index in [4.69, 9.17) is 16.3 Å². The highest BCUT2D eigenvalue weighted by molar-refractivity contribution is 7.15. The molecule has 0 radical (unpaired) electrons. The van der Waals surface area contributed by atoms with Crippen molar-refractivity contribution in [2.24, 2.45) is 0 Å². The molecule has 3 rings (SSSR count). The van der Waals surface area contributed by atoms with E-state index >= 15 is 0 Å². The number of hydrogen-bond acceptors (Lipinski definition) is 5. The second-order valence-corrected chi connectivity index (χ2v) is 6.74. The van der Waals surface area contributed by atoms with Crippen molar-refractivity contribution in [3.63, 3.8) is 0 Å². The van der Waals surface area contributed by atoms with E-state index in [1.165, 1.54) is 18.4 Å². The van der Waals surface area contributed by atoms with Crippen LogP contribution in [0.3, 0.4) is 0 Å². The van der Waals surface area contributed by atoms with Crippen LogP contribution in [0.15, 0.2) is 54.7 Å². The third kappa shape index (κ3) is 3.75. The number of ether oxygens (including phenoxy) is 1. The molecular formula is C18H15ClN2O2S. The standard InChI is InChI=1S/C18H15ClN2O2S/c1-23-17(22)13-8-6-12(7-9-13)15-4-2-3-5-16(15)20-10-14-11-21-18(19)24-14/h2-9,11,20H,10H2,1H3.